The van der Waals surface area contributed by atoms with E-state index in [9.17, 15) is 0 Å². The molecular formula is C16H15N7. The molecule has 1 heterocycles. The van der Waals surface area contributed by atoms with Gasteiger partial charge in [0.2, 0.25) is 0 Å². The molecule has 1 aromatic heterocycles. The van der Waals surface area contributed by atoms with E-state index in [4.69, 9.17) is 22.3 Å². The molecule has 0 aliphatic rings. The molecule has 7 nitrogen and oxygen atoms in total. The molecular weight excluding hydrogens is 290 g/mol. The lowest BCUT2D eigenvalue weighted by Crippen LogP contribution is -2.11. The van der Waals surface area contributed by atoms with Crippen molar-refractivity contribution in [2.45, 2.75) is 0 Å². The molecule has 3 rings (SSSR count). The summed E-state index contributed by atoms with van der Waals surface area (Å²) in [5.41, 5.74) is 14.5. The summed E-state index contributed by atoms with van der Waals surface area (Å²) in [5.74, 6) is 0.00903. The van der Waals surface area contributed by atoms with Crippen LogP contribution in [0.4, 0.5) is 0 Å². The van der Waals surface area contributed by atoms with Crippen molar-refractivity contribution in [2.75, 3.05) is 0 Å². The highest BCUT2D eigenvalue weighted by Crippen LogP contribution is 2.19. The first-order chi connectivity index (χ1) is 11.0. The van der Waals surface area contributed by atoms with E-state index in [1.807, 2.05) is 24.3 Å². The van der Waals surface area contributed by atoms with Crippen molar-refractivity contribution in [3.05, 3.63) is 65.9 Å². The Morgan fingerprint density at radius 1 is 0.913 bits per heavy atom. The third-order valence-electron chi connectivity index (χ3n) is 3.38. The Morgan fingerprint density at radius 3 is 2.26 bits per heavy atom. The highest BCUT2D eigenvalue weighted by Gasteiger charge is 2.08. The lowest BCUT2D eigenvalue weighted by Gasteiger charge is -2.03. The number of amidine groups is 2. The van der Waals surface area contributed by atoms with E-state index in [2.05, 4.69) is 10.3 Å². The summed E-state index contributed by atoms with van der Waals surface area (Å²) in [7, 11) is 0. The third-order valence-corrected chi connectivity index (χ3v) is 3.38. The molecule has 0 fully saturated rings. The standard InChI is InChI=1S/C16H15N7/c17-15(18)11-4-1-3-10(7-11)14-9-23(22-21-14)13-6-2-5-12(8-13)16(19)20/h1-9H,(H3,17,18)(H3,19,20). The van der Waals surface area contributed by atoms with Crippen LogP contribution in [0.1, 0.15) is 11.1 Å². The molecule has 7 heteroatoms. The number of nitrogen functional groups attached to an aromatic ring is 2. The molecule has 0 bridgehead atoms. The Balaban J connectivity index is 1.97. The summed E-state index contributed by atoms with van der Waals surface area (Å²) in [6.07, 6.45) is 1.78. The number of rotatable bonds is 4. The van der Waals surface area contributed by atoms with Crippen LogP contribution in [0.25, 0.3) is 16.9 Å². The zero-order chi connectivity index (χ0) is 16.4. The van der Waals surface area contributed by atoms with Crippen molar-refractivity contribution in [2.24, 2.45) is 11.5 Å². The van der Waals surface area contributed by atoms with Crippen LogP contribution in [-0.4, -0.2) is 26.7 Å². The van der Waals surface area contributed by atoms with Gasteiger partial charge in [0.05, 0.1) is 11.9 Å². The average molecular weight is 305 g/mol. The molecule has 0 atom stereocenters. The van der Waals surface area contributed by atoms with Crippen LogP contribution in [0.3, 0.4) is 0 Å². The number of nitrogens with one attached hydrogen (secondary N) is 2. The number of nitrogens with zero attached hydrogens (tertiary/aromatic N) is 3. The summed E-state index contributed by atoms with van der Waals surface area (Å²) in [4.78, 5) is 0. The Labute approximate surface area is 132 Å². The van der Waals surface area contributed by atoms with Gasteiger partial charge in [-0.3, -0.25) is 10.8 Å². The van der Waals surface area contributed by atoms with Gasteiger partial charge in [0.1, 0.15) is 17.4 Å². The van der Waals surface area contributed by atoms with Crippen LogP contribution >= 0.6 is 0 Å². The molecule has 0 radical (unpaired) electrons. The van der Waals surface area contributed by atoms with Gasteiger partial charge >= 0.3 is 0 Å². The lowest BCUT2D eigenvalue weighted by atomic mass is 10.1. The number of hydrogen-bond donors (Lipinski definition) is 4. The second kappa shape index (κ2) is 5.72. The van der Waals surface area contributed by atoms with E-state index >= 15 is 0 Å². The van der Waals surface area contributed by atoms with Gasteiger partial charge in [-0.1, -0.05) is 35.5 Å². The predicted octanol–water partition coefficient (Wildman–Crippen LogP) is 1.50. The molecule has 23 heavy (non-hydrogen) atoms. The van der Waals surface area contributed by atoms with E-state index in [1.165, 1.54) is 0 Å². The molecule has 0 spiro atoms. The summed E-state index contributed by atoms with van der Waals surface area (Å²) in [6.45, 7) is 0. The van der Waals surface area contributed by atoms with Crippen LogP contribution in [-0.2, 0) is 0 Å². The summed E-state index contributed by atoms with van der Waals surface area (Å²) in [5, 5.41) is 23.3. The van der Waals surface area contributed by atoms with Crippen LogP contribution < -0.4 is 11.5 Å². The van der Waals surface area contributed by atoms with E-state index in [0.29, 0.717) is 16.8 Å². The van der Waals surface area contributed by atoms with Crippen molar-refractivity contribution in [3.8, 4) is 16.9 Å². The fourth-order valence-corrected chi connectivity index (χ4v) is 2.18. The first-order valence-corrected chi connectivity index (χ1v) is 6.86. The SMILES string of the molecule is N=C(N)c1cccc(-c2cn(-c3cccc(C(=N)N)c3)nn2)c1. The first-order valence-electron chi connectivity index (χ1n) is 6.86. The normalized spacial score (nSPS) is 10.4. The van der Waals surface area contributed by atoms with Crippen molar-refractivity contribution >= 4 is 11.7 Å². The number of nitrogens with two attached hydrogens (primary N) is 2. The van der Waals surface area contributed by atoms with E-state index in [1.54, 1.807) is 35.1 Å². The smallest absolute Gasteiger partial charge is 0.122 e. The van der Waals surface area contributed by atoms with Crippen molar-refractivity contribution in [1.82, 2.24) is 15.0 Å². The molecule has 114 valence electrons. The maximum Gasteiger partial charge on any atom is 0.122 e. The number of hydrogen-bond acceptors (Lipinski definition) is 4. The maximum atomic E-state index is 7.50. The largest absolute Gasteiger partial charge is 0.384 e. The minimum Gasteiger partial charge on any atom is -0.384 e. The molecule has 0 aliphatic heterocycles. The Kier molecular flexibility index (Phi) is 3.60. The van der Waals surface area contributed by atoms with E-state index in [-0.39, 0.29) is 11.7 Å². The van der Waals surface area contributed by atoms with E-state index in [0.717, 1.165) is 11.3 Å². The predicted molar refractivity (Wildman–Crippen MR) is 88.8 cm³/mol. The van der Waals surface area contributed by atoms with Crippen LogP contribution in [0.15, 0.2) is 54.7 Å². The molecule has 0 unspecified atom stereocenters. The monoisotopic (exact) mass is 305 g/mol. The molecule has 0 aliphatic carbocycles. The minimum atomic E-state index is 0.00125. The molecule has 3 aromatic rings. The zero-order valence-corrected chi connectivity index (χ0v) is 12.2. The van der Waals surface area contributed by atoms with Crippen LogP contribution in [0, 0.1) is 10.8 Å². The number of benzene rings is 2. The molecule has 0 amide bonds. The molecule has 0 saturated carbocycles. The molecule has 2 aromatic carbocycles. The second-order valence-corrected chi connectivity index (χ2v) is 5.01. The fourth-order valence-electron chi connectivity index (χ4n) is 2.18. The van der Waals surface area contributed by atoms with Gasteiger partial charge in [-0.25, -0.2) is 4.68 Å². The van der Waals surface area contributed by atoms with Crippen LogP contribution in [0.2, 0.25) is 0 Å². The number of aromatic nitrogens is 3. The lowest BCUT2D eigenvalue weighted by molar-refractivity contribution is 0.803. The zero-order valence-electron chi connectivity index (χ0n) is 12.2. The van der Waals surface area contributed by atoms with Crippen molar-refractivity contribution in [1.29, 1.82) is 10.8 Å². The van der Waals surface area contributed by atoms with Gasteiger partial charge in [0.15, 0.2) is 0 Å². The average Bonchev–Trinajstić information content (AvgIpc) is 3.05. The topological polar surface area (TPSA) is 130 Å². The van der Waals surface area contributed by atoms with Crippen LogP contribution in [0.5, 0.6) is 0 Å². The Bertz CT molecular complexity index is 823. The Hall–Kier alpha value is -3.48. The summed E-state index contributed by atoms with van der Waals surface area (Å²) >= 11 is 0. The van der Waals surface area contributed by atoms with Crippen molar-refractivity contribution in [3.63, 3.8) is 0 Å². The molecule has 6 N–H and O–H groups in total. The van der Waals surface area contributed by atoms with Crippen molar-refractivity contribution < 1.29 is 0 Å². The maximum absolute atomic E-state index is 7.50. The van der Waals surface area contributed by atoms with Gasteiger partial charge in [-0.15, -0.1) is 5.10 Å². The summed E-state index contributed by atoms with van der Waals surface area (Å²) in [6, 6.07) is 14.5. The third kappa shape index (κ3) is 2.93. The fraction of sp³-hybridized carbons (Fsp3) is 0. The van der Waals surface area contributed by atoms with E-state index < -0.39 is 0 Å². The van der Waals surface area contributed by atoms with Gasteiger partial charge in [-0.2, -0.15) is 0 Å². The molecule has 0 saturated heterocycles. The Morgan fingerprint density at radius 2 is 1.57 bits per heavy atom. The van der Waals surface area contributed by atoms with Gasteiger partial charge < -0.3 is 11.5 Å². The quantitative estimate of drug-likeness (QED) is 0.429. The highest BCUT2D eigenvalue weighted by molar-refractivity contribution is 5.96. The van der Waals surface area contributed by atoms with Gasteiger partial charge in [0, 0.05) is 16.7 Å². The van der Waals surface area contributed by atoms with Gasteiger partial charge in [-0.05, 0) is 18.2 Å². The highest BCUT2D eigenvalue weighted by atomic mass is 15.4. The first kappa shape index (κ1) is 14.5. The second-order valence-electron chi connectivity index (χ2n) is 5.01. The minimum absolute atomic E-state index is 0.00125. The summed E-state index contributed by atoms with van der Waals surface area (Å²) < 4.78 is 1.61. The van der Waals surface area contributed by atoms with Gasteiger partial charge in [0.25, 0.3) is 0 Å².